The van der Waals surface area contributed by atoms with Crippen LogP contribution in [0.1, 0.15) is 12.8 Å². The first-order valence-electron chi connectivity index (χ1n) is 6.37. The molecule has 3 heterocycles. The molecule has 0 bridgehead atoms. The van der Waals surface area contributed by atoms with Crippen LogP contribution in [0.3, 0.4) is 0 Å². The Bertz CT molecular complexity index is 569. The maximum atomic E-state index is 10.3. The Morgan fingerprint density at radius 3 is 2.84 bits per heavy atom. The van der Waals surface area contributed by atoms with Crippen molar-refractivity contribution in [1.82, 2.24) is 15.0 Å². The van der Waals surface area contributed by atoms with Gasteiger partial charge in [-0.3, -0.25) is 4.98 Å². The largest absolute Gasteiger partial charge is 0.388 e. The smallest absolute Gasteiger partial charge is 0.180 e. The first kappa shape index (κ1) is 12.3. The number of fused-ring (bicyclic) bond motifs is 1. The number of nitrogens with zero attached hydrogens (tertiary/aromatic N) is 3. The highest BCUT2D eigenvalue weighted by molar-refractivity contribution is 5.71. The van der Waals surface area contributed by atoms with Crippen molar-refractivity contribution in [2.45, 2.75) is 18.4 Å². The standard InChI is InChI=1S/C13H16N4O2/c18-13(3-7-19-8-4-13)9-16-11-2-1-10-12(17-11)15-6-5-14-10/h1-2,5-6,18H,3-4,7-9H2,(H,15,16,17). The van der Waals surface area contributed by atoms with Gasteiger partial charge in [0.15, 0.2) is 5.65 Å². The van der Waals surface area contributed by atoms with E-state index in [4.69, 9.17) is 4.74 Å². The van der Waals surface area contributed by atoms with Crippen molar-refractivity contribution in [1.29, 1.82) is 0 Å². The van der Waals surface area contributed by atoms with Crippen molar-refractivity contribution in [2.75, 3.05) is 25.1 Å². The number of rotatable bonds is 3. The third-order valence-electron chi connectivity index (χ3n) is 3.35. The van der Waals surface area contributed by atoms with Crippen LogP contribution in [0.25, 0.3) is 11.2 Å². The Hall–Kier alpha value is -1.79. The summed E-state index contributed by atoms with van der Waals surface area (Å²) >= 11 is 0. The Morgan fingerprint density at radius 2 is 2.00 bits per heavy atom. The summed E-state index contributed by atoms with van der Waals surface area (Å²) in [7, 11) is 0. The molecule has 19 heavy (non-hydrogen) atoms. The first-order chi connectivity index (χ1) is 9.25. The van der Waals surface area contributed by atoms with Crippen LogP contribution in [-0.2, 0) is 4.74 Å². The highest BCUT2D eigenvalue weighted by Gasteiger charge is 2.29. The zero-order chi connectivity index (χ0) is 13.1. The molecular formula is C13H16N4O2. The quantitative estimate of drug-likeness (QED) is 0.856. The minimum absolute atomic E-state index is 0.467. The summed E-state index contributed by atoms with van der Waals surface area (Å²) in [4.78, 5) is 12.7. The molecule has 0 atom stereocenters. The predicted octanol–water partition coefficient (Wildman–Crippen LogP) is 0.978. The van der Waals surface area contributed by atoms with Gasteiger partial charge < -0.3 is 15.2 Å². The molecule has 6 nitrogen and oxygen atoms in total. The molecule has 2 aromatic rings. The molecule has 1 fully saturated rings. The fourth-order valence-electron chi connectivity index (χ4n) is 2.14. The van der Waals surface area contributed by atoms with Crippen molar-refractivity contribution < 1.29 is 9.84 Å². The van der Waals surface area contributed by atoms with Crippen LogP contribution in [0.5, 0.6) is 0 Å². The van der Waals surface area contributed by atoms with Gasteiger partial charge in [-0.25, -0.2) is 9.97 Å². The van der Waals surface area contributed by atoms with Crippen LogP contribution < -0.4 is 5.32 Å². The fraction of sp³-hybridized carbons (Fsp3) is 0.462. The van der Waals surface area contributed by atoms with E-state index in [-0.39, 0.29) is 0 Å². The van der Waals surface area contributed by atoms with E-state index in [1.807, 2.05) is 12.1 Å². The topological polar surface area (TPSA) is 80.2 Å². The van der Waals surface area contributed by atoms with Crippen LogP contribution >= 0.6 is 0 Å². The number of anilines is 1. The zero-order valence-electron chi connectivity index (χ0n) is 10.5. The van der Waals surface area contributed by atoms with E-state index in [1.165, 1.54) is 0 Å². The van der Waals surface area contributed by atoms with Crippen molar-refractivity contribution in [3.63, 3.8) is 0 Å². The second kappa shape index (κ2) is 5.07. The van der Waals surface area contributed by atoms with Crippen molar-refractivity contribution in [3.8, 4) is 0 Å². The summed E-state index contributed by atoms with van der Waals surface area (Å²) in [6.07, 6.45) is 4.55. The van der Waals surface area contributed by atoms with Gasteiger partial charge in [0.05, 0.1) is 5.60 Å². The highest BCUT2D eigenvalue weighted by atomic mass is 16.5. The molecule has 100 valence electrons. The molecular weight excluding hydrogens is 244 g/mol. The molecule has 0 aliphatic carbocycles. The second-order valence-electron chi connectivity index (χ2n) is 4.79. The van der Waals surface area contributed by atoms with Crippen LogP contribution in [0.2, 0.25) is 0 Å². The Morgan fingerprint density at radius 1 is 1.21 bits per heavy atom. The monoisotopic (exact) mass is 260 g/mol. The number of pyridine rings is 1. The molecule has 2 N–H and O–H groups in total. The van der Waals surface area contributed by atoms with Crippen LogP contribution in [0.15, 0.2) is 24.5 Å². The normalized spacial score (nSPS) is 18.4. The lowest BCUT2D eigenvalue weighted by Gasteiger charge is -2.32. The van der Waals surface area contributed by atoms with Crippen molar-refractivity contribution >= 4 is 17.0 Å². The lowest BCUT2D eigenvalue weighted by atomic mass is 9.94. The summed E-state index contributed by atoms with van der Waals surface area (Å²) in [5, 5.41) is 13.5. The van der Waals surface area contributed by atoms with E-state index in [1.54, 1.807) is 12.4 Å². The number of hydrogen-bond acceptors (Lipinski definition) is 6. The number of ether oxygens (including phenoxy) is 1. The molecule has 6 heteroatoms. The third-order valence-corrected chi connectivity index (χ3v) is 3.35. The summed E-state index contributed by atoms with van der Waals surface area (Å²) < 4.78 is 5.25. The van der Waals surface area contributed by atoms with Gasteiger partial charge >= 0.3 is 0 Å². The van der Waals surface area contributed by atoms with E-state index in [2.05, 4.69) is 20.3 Å². The van der Waals surface area contributed by atoms with Gasteiger partial charge in [-0.2, -0.15) is 0 Å². The molecule has 0 aromatic carbocycles. The Labute approximate surface area is 110 Å². The van der Waals surface area contributed by atoms with Gasteiger partial charge in [0, 0.05) is 45.0 Å². The molecule has 3 rings (SSSR count). The highest BCUT2D eigenvalue weighted by Crippen LogP contribution is 2.21. The van der Waals surface area contributed by atoms with Crippen LogP contribution in [0.4, 0.5) is 5.82 Å². The maximum absolute atomic E-state index is 10.3. The molecule has 0 unspecified atom stereocenters. The van der Waals surface area contributed by atoms with Crippen LogP contribution in [-0.4, -0.2) is 45.4 Å². The molecule has 0 saturated carbocycles. The van der Waals surface area contributed by atoms with Gasteiger partial charge in [-0.15, -0.1) is 0 Å². The molecule has 1 aliphatic rings. The summed E-state index contributed by atoms with van der Waals surface area (Å²) in [5.74, 6) is 0.702. The summed E-state index contributed by atoms with van der Waals surface area (Å²) in [6, 6.07) is 3.71. The van der Waals surface area contributed by atoms with E-state index in [9.17, 15) is 5.11 Å². The first-order valence-corrected chi connectivity index (χ1v) is 6.37. The SMILES string of the molecule is OC1(CNc2ccc3nccnc3n2)CCOCC1. The Balaban J connectivity index is 1.71. The minimum Gasteiger partial charge on any atom is -0.388 e. The van der Waals surface area contributed by atoms with Gasteiger partial charge in [-0.1, -0.05) is 0 Å². The van der Waals surface area contributed by atoms with Gasteiger partial charge in [0.25, 0.3) is 0 Å². The third kappa shape index (κ3) is 2.80. The van der Waals surface area contributed by atoms with Crippen molar-refractivity contribution in [2.24, 2.45) is 0 Å². The van der Waals surface area contributed by atoms with E-state index in [0.29, 0.717) is 44.1 Å². The van der Waals surface area contributed by atoms with E-state index in [0.717, 1.165) is 5.52 Å². The summed E-state index contributed by atoms with van der Waals surface area (Å²) in [5.41, 5.74) is 0.654. The molecule has 0 spiro atoms. The average Bonchev–Trinajstić information content (AvgIpc) is 2.46. The molecule has 0 radical (unpaired) electrons. The molecule has 1 saturated heterocycles. The number of aromatic nitrogens is 3. The summed E-state index contributed by atoms with van der Waals surface area (Å²) in [6.45, 7) is 1.68. The zero-order valence-corrected chi connectivity index (χ0v) is 10.5. The van der Waals surface area contributed by atoms with Gasteiger partial charge in [0.2, 0.25) is 0 Å². The van der Waals surface area contributed by atoms with E-state index < -0.39 is 5.60 Å². The van der Waals surface area contributed by atoms with E-state index >= 15 is 0 Å². The molecule has 1 aliphatic heterocycles. The fourth-order valence-corrected chi connectivity index (χ4v) is 2.14. The Kier molecular flexibility index (Phi) is 3.27. The van der Waals surface area contributed by atoms with Gasteiger partial charge in [-0.05, 0) is 12.1 Å². The minimum atomic E-state index is -0.711. The van der Waals surface area contributed by atoms with Gasteiger partial charge in [0.1, 0.15) is 11.3 Å². The molecule has 2 aromatic heterocycles. The van der Waals surface area contributed by atoms with Crippen molar-refractivity contribution in [3.05, 3.63) is 24.5 Å². The maximum Gasteiger partial charge on any atom is 0.180 e. The number of aliphatic hydroxyl groups is 1. The molecule has 0 amide bonds. The number of nitrogens with one attached hydrogen (secondary N) is 1. The lowest BCUT2D eigenvalue weighted by molar-refractivity contribution is -0.0543. The average molecular weight is 260 g/mol. The predicted molar refractivity (Wildman–Crippen MR) is 70.8 cm³/mol. The van der Waals surface area contributed by atoms with Crippen LogP contribution in [0, 0.1) is 0 Å². The number of hydrogen-bond donors (Lipinski definition) is 2. The lowest BCUT2D eigenvalue weighted by Crippen LogP contribution is -2.42. The second-order valence-corrected chi connectivity index (χ2v) is 4.79.